The monoisotopic (exact) mass is 275 g/mol. The maximum atomic E-state index is 9.86. The highest BCUT2D eigenvalue weighted by atomic mass is 32.2. The van der Waals surface area contributed by atoms with E-state index in [1.165, 1.54) is 4.90 Å². The van der Waals surface area contributed by atoms with Crippen LogP contribution in [0.2, 0.25) is 0 Å². The summed E-state index contributed by atoms with van der Waals surface area (Å²) in [6, 6.07) is 13.5. The summed E-state index contributed by atoms with van der Waals surface area (Å²) in [5, 5.41) is 13.1. The van der Waals surface area contributed by atoms with E-state index in [2.05, 4.69) is 23.7 Å². The summed E-state index contributed by atoms with van der Waals surface area (Å²) in [6.45, 7) is 0.578. The Hall–Kier alpha value is -1.81. The van der Waals surface area contributed by atoms with Gasteiger partial charge in [-0.2, -0.15) is 0 Å². The second-order valence-corrected chi connectivity index (χ2v) is 4.96. The van der Waals surface area contributed by atoms with Crippen molar-refractivity contribution in [1.82, 2.24) is 0 Å². The summed E-state index contributed by atoms with van der Waals surface area (Å²) in [5.74, 6) is 0.901. The molecule has 0 amide bonds. The summed E-state index contributed by atoms with van der Waals surface area (Å²) in [7, 11) is 1.58. The number of benzene rings is 2. The molecule has 0 aliphatic heterocycles. The van der Waals surface area contributed by atoms with Crippen molar-refractivity contribution in [3.63, 3.8) is 0 Å². The Kier molecular flexibility index (Phi) is 4.58. The molecule has 19 heavy (non-hydrogen) atoms. The van der Waals surface area contributed by atoms with Gasteiger partial charge >= 0.3 is 0 Å². The number of aromatic hydroxyl groups is 1. The minimum atomic E-state index is 0.243. The van der Waals surface area contributed by atoms with Crippen LogP contribution in [0.4, 0.5) is 5.69 Å². The first-order valence-corrected chi connectivity index (χ1v) is 7.19. The molecule has 0 atom stereocenters. The molecule has 0 saturated heterocycles. The van der Waals surface area contributed by atoms with Crippen molar-refractivity contribution in [2.45, 2.75) is 11.4 Å². The van der Waals surface area contributed by atoms with Crippen molar-refractivity contribution in [2.24, 2.45) is 0 Å². The third-order valence-electron chi connectivity index (χ3n) is 2.87. The predicted octanol–water partition coefficient (Wildman–Crippen LogP) is 3.73. The fraction of sp³-hybridized carbons (Fsp3) is 0.200. The van der Waals surface area contributed by atoms with Gasteiger partial charge in [0.1, 0.15) is 11.5 Å². The number of rotatable bonds is 5. The van der Waals surface area contributed by atoms with Crippen molar-refractivity contribution in [2.75, 3.05) is 18.7 Å². The number of phenolic OH excluding ortho intramolecular Hbond substituents is 1. The number of methoxy groups -OCH3 is 1. The number of phenols is 1. The quantitative estimate of drug-likeness (QED) is 0.816. The summed E-state index contributed by atoms with van der Waals surface area (Å²) in [4.78, 5) is 1.23. The number of thioether (sulfide) groups is 1. The molecule has 0 unspecified atom stereocenters. The van der Waals surface area contributed by atoms with Gasteiger partial charge in [-0.05, 0) is 42.7 Å². The minimum absolute atomic E-state index is 0.243. The van der Waals surface area contributed by atoms with Crippen LogP contribution in [-0.2, 0) is 6.54 Å². The average molecular weight is 275 g/mol. The maximum absolute atomic E-state index is 9.86. The van der Waals surface area contributed by atoms with Crippen molar-refractivity contribution in [3.05, 3.63) is 48.0 Å². The molecule has 0 aromatic heterocycles. The second kappa shape index (κ2) is 6.38. The predicted molar refractivity (Wildman–Crippen MR) is 80.2 cm³/mol. The molecule has 3 nitrogen and oxygen atoms in total. The van der Waals surface area contributed by atoms with Gasteiger partial charge in [0.25, 0.3) is 0 Å². The summed E-state index contributed by atoms with van der Waals surface area (Å²) in [6.07, 6.45) is 2.05. The minimum Gasteiger partial charge on any atom is -0.507 e. The number of hydrogen-bond acceptors (Lipinski definition) is 4. The lowest BCUT2D eigenvalue weighted by Gasteiger charge is -2.09. The molecular formula is C15H17NO2S. The van der Waals surface area contributed by atoms with Crippen molar-refractivity contribution in [3.8, 4) is 11.5 Å². The third kappa shape index (κ3) is 3.58. The van der Waals surface area contributed by atoms with Crippen molar-refractivity contribution < 1.29 is 9.84 Å². The molecule has 0 aliphatic rings. The van der Waals surface area contributed by atoms with Crippen LogP contribution >= 0.6 is 11.8 Å². The molecular weight excluding hydrogens is 258 g/mol. The molecule has 100 valence electrons. The van der Waals surface area contributed by atoms with Crippen LogP contribution < -0.4 is 10.1 Å². The fourth-order valence-electron chi connectivity index (χ4n) is 1.73. The average Bonchev–Trinajstić information content (AvgIpc) is 2.46. The molecule has 0 aliphatic carbocycles. The van der Waals surface area contributed by atoms with Gasteiger partial charge in [0.05, 0.1) is 7.11 Å². The van der Waals surface area contributed by atoms with E-state index in [0.29, 0.717) is 12.3 Å². The fourth-order valence-corrected chi connectivity index (χ4v) is 2.13. The first kappa shape index (κ1) is 13.6. The largest absolute Gasteiger partial charge is 0.507 e. The molecule has 0 fully saturated rings. The number of nitrogens with one attached hydrogen (secondary N) is 1. The van der Waals surface area contributed by atoms with Crippen LogP contribution in [0.15, 0.2) is 47.4 Å². The van der Waals surface area contributed by atoms with Gasteiger partial charge < -0.3 is 15.2 Å². The van der Waals surface area contributed by atoms with Crippen LogP contribution in [-0.4, -0.2) is 18.5 Å². The molecule has 2 aromatic carbocycles. The number of anilines is 1. The van der Waals surface area contributed by atoms with Crippen LogP contribution in [0.5, 0.6) is 11.5 Å². The zero-order valence-corrected chi connectivity index (χ0v) is 11.8. The van der Waals surface area contributed by atoms with E-state index in [0.717, 1.165) is 11.3 Å². The van der Waals surface area contributed by atoms with Crippen molar-refractivity contribution >= 4 is 17.4 Å². The van der Waals surface area contributed by atoms with Gasteiger partial charge in [0.15, 0.2) is 0 Å². The lowest BCUT2D eigenvalue weighted by molar-refractivity contribution is 0.406. The topological polar surface area (TPSA) is 41.5 Å². The molecule has 2 rings (SSSR count). The highest BCUT2D eigenvalue weighted by Crippen LogP contribution is 2.24. The van der Waals surface area contributed by atoms with Crippen LogP contribution in [0.3, 0.4) is 0 Å². The molecule has 0 radical (unpaired) electrons. The Labute approximate surface area is 117 Å². The van der Waals surface area contributed by atoms with E-state index in [1.807, 2.05) is 24.3 Å². The molecule has 0 bridgehead atoms. The van der Waals surface area contributed by atoms with Gasteiger partial charge in [-0.3, -0.25) is 0 Å². The van der Waals surface area contributed by atoms with Crippen molar-refractivity contribution in [1.29, 1.82) is 0 Å². The van der Waals surface area contributed by atoms with Crippen LogP contribution in [0.25, 0.3) is 0 Å². The molecule has 2 aromatic rings. The third-order valence-corrected chi connectivity index (χ3v) is 3.61. The molecule has 4 heteroatoms. The SMILES string of the molecule is COc1ccc(CNc2ccc(SC)cc2)c(O)c1. The standard InChI is InChI=1S/C15H17NO2S/c1-18-13-6-3-11(15(17)9-13)10-16-12-4-7-14(19-2)8-5-12/h3-9,16-17H,10H2,1-2H3. The Balaban J connectivity index is 2.01. The Morgan fingerprint density at radius 2 is 1.89 bits per heavy atom. The number of hydrogen-bond donors (Lipinski definition) is 2. The molecule has 0 saturated carbocycles. The van der Waals surface area contributed by atoms with Gasteiger partial charge in [0, 0.05) is 28.8 Å². The van der Waals surface area contributed by atoms with E-state index >= 15 is 0 Å². The van der Waals surface area contributed by atoms with Gasteiger partial charge in [-0.15, -0.1) is 11.8 Å². The van der Waals surface area contributed by atoms with E-state index < -0.39 is 0 Å². The highest BCUT2D eigenvalue weighted by molar-refractivity contribution is 7.98. The Morgan fingerprint density at radius 1 is 1.16 bits per heavy atom. The highest BCUT2D eigenvalue weighted by Gasteiger charge is 2.03. The van der Waals surface area contributed by atoms with E-state index in [-0.39, 0.29) is 5.75 Å². The lowest BCUT2D eigenvalue weighted by Crippen LogP contribution is -1.99. The van der Waals surface area contributed by atoms with Crippen LogP contribution in [0, 0.1) is 0 Å². The smallest absolute Gasteiger partial charge is 0.124 e. The van der Waals surface area contributed by atoms with Gasteiger partial charge in [-0.25, -0.2) is 0 Å². The van der Waals surface area contributed by atoms with Gasteiger partial charge in [0.2, 0.25) is 0 Å². The summed E-state index contributed by atoms with van der Waals surface area (Å²) in [5.41, 5.74) is 1.88. The normalized spacial score (nSPS) is 10.2. The zero-order chi connectivity index (χ0) is 13.7. The molecule has 0 heterocycles. The first-order chi connectivity index (χ1) is 9.22. The second-order valence-electron chi connectivity index (χ2n) is 4.08. The molecule has 2 N–H and O–H groups in total. The van der Waals surface area contributed by atoms with E-state index in [9.17, 15) is 5.11 Å². The van der Waals surface area contributed by atoms with Gasteiger partial charge in [-0.1, -0.05) is 0 Å². The zero-order valence-electron chi connectivity index (χ0n) is 11.0. The van der Waals surface area contributed by atoms with E-state index in [1.54, 1.807) is 24.9 Å². The maximum Gasteiger partial charge on any atom is 0.124 e. The number of ether oxygens (including phenoxy) is 1. The Bertz CT molecular complexity index is 540. The van der Waals surface area contributed by atoms with Crippen LogP contribution in [0.1, 0.15) is 5.56 Å². The Morgan fingerprint density at radius 3 is 2.47 bits per heavy atom. The summed E-state index contributed by atoms with van der Waals surface area (Å²) < 4.78 is 5.06. The van der Waals surface area contributed by atoms with E-state index in [4.69, 9.17) is 4.74 Å². The first-order valence-electron chi connectivity index (χ1n) is 5.96. The molecule has 0 spiro atoms. The summed E-state index contributed by atoms with van der Waals surface area (Å²) >= 11 is 1.72. The lowest BCUT2D eigenvalue weighted by atomic mass is 10.2.